The van der Waals surface area contributed by atoms with E-state index in [0.29, 0.717) is 25.3 Å². The van der Waals surface area contributed by atoms with E-state index in [1.54, 1.807) is 13.8 Å². The zero-order valence-corrected chi connectivity index (χ0v) is 34.9. The molecule has 0 radical (unpaired) electrons. The van der Waals surface area contributed by atoms with E-state index in [-0.39, 0.29) is 36.8 Å². The Kier molecular flexibility index (Phi) is 22.0. The van der Waals surface area contributed by atoms with Crippen molar-refractivity contribution in [1.82, 2.24) is 9.80 Å². The van der Waals surface area contributed by atoms with Gasteiger partial charge < -0.3 is 48.6 Å². The van der Waals surface area contributed by atoms with Gasteiger partial charge in [0, 0.05) is 38.6 Å². The van der Waals surface area contributed by atoms with Crippen LogP contribution in [0, 0.1) is 17.8 Å². The predicted molar refractivity (Wildman–Crippen MR) is 200 cm³/mol. The maximum absolute atomic E-state index is 13.6. The van der Waals surface area contributed by atoms with Gasteiger partial charge in [-0.3, -0.25) is 14.5 Å². The molecule has 2 rings (SSSR count). The summed E-state index contributed by atoms with van der Waals surface area (Å²) in [5.41, 5.74) is -1.29. The zero-order valence-electron chi connectivity index (χ0n) is 34.9. The summed E-state index contributed by atoms with van der Waals surface area (Å²) in [5, 5.41) is 30.9. The van der Waals surface area contributed by atoms with Crippen LogP contribution in [0.2, 0.25) is 0 Å². The first-order valence-electron chi connectivity index (χ1n) is 19.5. The zero-order chi connectivity index (χ0) is 39.9. The highest BCUT2D eigenvalue weighted by molar-refractivity contribution is 5.73. The molecule has 2 heterocycles. The molecule has 0 spiro atoms. The van der Waals surface area contributed by atoms with Gasteiger partial charge in [0.1, 0.15) is 17.8 Å². The van der Waals surface area contributed by atoms with Crippen LogP contribution >= 0.6 is 0 Å². The maximum Gasteiger partial charge on any atom is 0.311 e. The van der Waals surface area contributed by atoms with Gasteiger partial charge in [-0.15, -0.1) is 0 Å². The number of aliphatic hydroxyl groups is 3. The first-order chi connectivity index (χ1) is 24.2. The molecule has 0 bridgehead atoms. The van der Waals surface area contributed by atoms with Crippen LogP contribution in [0.4, 0.5) is 0 Å². The number of cyclic esters (lactones) is 1. The van der Waals surface area contributed by atoms with Crippen molar-refractivity contribution in [3.63, 3.8) is 0 Å². The normalized spacial score (nSPS) is 36.1. The van der Waals surface area contributed by atoms with E-state index >= 15 is 0 Å². The Bertz CT molecular complexity index is 1010. The minimum Gasteiger partial charge on any atom is -0.459 e. The third-order valence-electron chi connectivity index (χ3n) is 10.6. The number of methoxy groups -OCH3 is 1. The summed E-state index contributed by atoms with van der Waals surface area (Å²) in [6.07, 6.45) is 1.69. The average molecular weight is 749 g/mol. The van der Waals surface area contributed by atoms with Crippen LogP contribution in [0.15, 0.2) is 0 Å². The second-order valence-corrected chi connectivity index (χ2v) is 16.0. The summed E-state index contributed by atoms with van der Waals surface area (Å²) >= 11 is 0. The highest BCUT2D eigenvalue weighted by atomic mass is 16.7. The largest absolute Gasteiger partial charge is 0.459 e. The SMILES string of the molecule is CC1CC(N(C)C)CC(O)O1.CCCC(OC1C(C)CC(C)C[C@@H](C)N(CO)[C@H](C)C[C@](C)(O)C(CC)OC(=O)C1C)O[C@@H](C)C(OC)OC(C)=O. The Balaban J connectivity index is 0.00000104. The van der Waals surface area contributed by atoms with Gasteiger partial charge in [-0.1, -0.05) is 34.1 Å². The number of hydrogen-bond acceptors (Lipinski definition) is 13. The first kappa shape index (κ1) is 48.6. The molecule has 0 aromatic carbocycles. The molecule has 3 N–H and O–H groups in total. The molecule has 52 heavy (non-hydrogen) atoms. The minimum absolute atomic E-state index is 0.0340. The van der Waals surface area contributed by atoms with Crippen molar-refractivity contribution < 1.29 is 53.3 Å². The fourth-order valence-electron chi connectivity index (χ4n) is 7.81. The summed E-state index contributed by atoms with van der Waals surface area (Å²) in [5.74, 6) is -1.30. The summed E-state index contributed by atoms with van der Waals surface area (Å²) < 4.78 is 34.5. The number of nitrogens with zero attached hydrogens (tertiary/aromatic N) is 2. The lowest BCUT2D eigenvalue weighted by atomic mass is 9.83. The van der Waals surface area contributed by atoms with Crippen LogP contribution in [-0.2, 0) is 38.0 Å². The Labute approximate surface area is 315 Å². The monoisotopic (exact) mass is 749 g/mol. The highest BCUT2D eigenvalue weighted by Gasteiger charge is 2.41. The topological polar surface area (TPSA) is 157 Å². The lowest BCUT2D eigenvalue weighted by molar-refractivity contribution is -0.260. The van der Waals surface area contributed by atoms with Gasteiger partial charge in [-0.05, 0) is 106 Å². The van der Waals surface area contributed by atoms with Gasteiger partial charge in [0.25, 0.3) is 0 Å². The fourth-order valence-corrected chi connectivity index (χ4v) is 7.81. The van der Waals surface area contributed by atoms with E-state index in [9.17, 15) is 24.9 Å². The summed E-state index contributed by atoms with van der Waals surface area (Å²) in [6.45, 7) is 20.7. The second kappa shape index (κ2) is 23.5. The molecule has 2 aliphatic rings. The van der Waals surface area contributed by atoms with Crippen molar-refractivity contribution in [2.75, 3.05) is 27.9 Å². The minimum atomic E-state index is -1.29. The van der Waals surface area contributed by atoms with E-state index in [1.807, 2.05) is 53.6 Å². The van der Waals surface area contributed by atoms with Gasteiger partial charge in [0.15, 0.2) is 12.6 Å². The third kappa shape index (κ3) is 16.1. The Morgan fingerprint density at radius 3 is 2.19 bits per heavy atom. The molecule has 14 atom stereocenters. The van der Waals surface area contributed by atoms with Gasteiger partial charge in [0.2, 0.25) is 6.29 Å². The van der Waals surface area contributed by atoms with E-state index in [0.717, 1.165) is 32.1 Å². The molecule has 2 saturated heterocycles. The van der Waals surface area contributed by atoms with Crippen molar-refractivity contribution in [3.05, 3.63) is 0 Å². The van der Waals surface area contributed by atoms with E-state index < -0.39 is 60.6 Å². The molecule has 2 aliphatic heterocycles. The number of hydrogen-bond donors (Lipinski definition) is 3. The van der Waals surface area contributed by atoms with E-state index in [4.69, 9.17) is 28.4 Å². The average Bonchev–Trinajstić information content (AvgIpc) is 3.03. The maximum atomic E-state index is 13.6. The van der Waals surface area contributed by atoms with Crippen molar-refractivity contribution in [1.29, 1.82) is 0 Å². The molecule has 0 aliphatic carbocycles. The van der Waals surface area contributed by atoms with Crippen LogP contribution in [0.1, 0.15) is 128 Å². The van der Waals surface area contributed by atoms with Gasteiger partial charge in [-0.2, -0.15) is 0 Å². The van der Waals surface area contributed by atoms with Crippen LogP contribution in [0.25, 0.3) is 0 Å². The highest BCUT2D eigenvalue weighted by Crippen LogP contribution is 2.33. The number of aliphatic hydroxyl groups excluding tert-OH is 2. The molecule has 0 amide bonds. The number of ether oxygens (including phenoxy) is 6. The lowest BCUT2D eigenvalue weighted by Gasteiger charge is -2.41. The van der Waals surface area contributed by atoms with Gasteiger partial charge in [0.05, 0.1) is 24.9 Å². The second-order valence-electron chi connectivity index (χ2n) is 16.0. The molecular weight excluding hydrogens is 672 g/mol. The Morgan fingerprint density at radius 2 is 1.69 bits per heavy atom. The molecule has 0 aromatic rings. The molecular formula is C39H76N2O11. The van der Waals surface area contributed by atoms with Crippen molar-refractivity contribution in [2.24, 2.45) is 17.8 Å². The van der Waals surface area contributed by atoms with Crippen LogP contribution in [-0.4, -0.2) is 132 Å². The summed E-state index contributed by atoms with van der Waals surface area (Å²) in [6, 6.07) is 0.434. The third-order valence-corrected chi connectivity index (χ3v) is 10.6. The predicted octanol–water partition coefficient (Wildman–Crippen LogP) is 5.07. The molecule has 13 nitrogen and oxygen atoms in total. The van der Waals surface area contributed by atoms with E-state index in [1.165, 1.54) is 14.0 Å². The van der Waals surface area contributed by atoms with Crippen LogP contribution in [0.5, 0.6) is 0 Å². The molecule has 0 saturated carbocycles. The van der Waals surface area contributed by atoms with Crippen LogP contribution < -0.4 is 0 Å². The van der Waals surface area contributed by atoms with E-state index in [2.05, 4.69) is 25.7 Å². The van der Waals surface area contributed by atoms with Crippen molar-refractivity contribution >= 4 is 11.9 Å². The van der Waals surface area contributed by atoms with Gasteiger partial charge in [-0.25, -0.2) is 0 Å². The Morgan fingerprint density at radius 1 is 1.06 bits per heavy atom. The summed E-state index contributed by atoms with van der Waals surface area (Å²) in [7, 11) is 5.52. The lowest BCUT2D eigenvalue weighted by Crippen LogP contribution is -2.51. The quantitative estimate of drug-likeness (QED) is 0.180. The Hall–Kier alpha value is -1.42. The number of carbonyl (C=O) groups excluding carboxylic acids is 2. The molecule has 0 aromatic heterocycles. The molecule has 13 heteroatoms. The van der Waals surface area contributed by atoms with Gasteiger partial charge >= 0.3 is 11.9 Å². The number of rotatable bonds is 12. The number of esters is 2. The fraction of sp³-hybridized carbons (Fsp3) is 0.949. The summed E-state index contributed by atoms with van der Waals surface area (Å²) in [4.78, 5) is 29.3. The van der Waals surface area contributed by atoms with Crippen molar-refractivity contribution in [2.45, 2.75) is 195 Å². The smallest absolute Gasteiger partial charge is 0.311 e. The first-order valence-corrected chi connectivity index (χ1v) is 19.5. The van der Waals surface area contributed by atoms with Crippen LogP contribution in [0.3, 0.4) is 0 Å². The van der Waals surface area contributed by atoms with Crippen molar-refractivity contribution in [3.8, 4) is 0 Å². The molecule has 10 unspecified atom stereocenters. The number of carbonyl (C=O) groups is 2. The molecule has 308 valence electrons. The molecule has 2 fully saturated rings. The standard InChI is InChI=1S/C31H59NO9.C8H17NO2/c1-12-14-27(38-24(8)30(37-11)39-25(9)34)41-28-20(4)15-19(3)16-21(5)32(18-33)22(6)17-31(10,36)26(13-2)40-29(35)23(28)7;1-6-4-7(9(2)3)5-8(10)11-6/h19-24,26-28,30,33,36H,12-18H2,1-11H3;6-8,10H,4-5H2,1-3H3/t19?,20?,21-,22-,23?,24+,26?,27?,28?,30?,31+;/m1./s1.